The van der Waals surface area contributed by atoms with Gasteiger partial charge in [0.25, 0.3) is 0 Å². The van der Waals surface area contributed by atoms with Crippen LogP contribution in [0.2, 0.25) is 0 Å². The van der Waals surface area contributed by atoms with Crippen LogP contribution in [0.25, 0.3) is 0 Å². The third kappa shape index (κ3) is 3.75. The molecule has 0 saturated heterocycles. The predicted molar refractivity (Wildman–Crippen MR) is 85.8 cm³/mol. The second-order valence-electron chi connectivity index (χ2n) is 5.36. The van der Waals surface area contributed by atoms with Crippen molar-refractivity contribution in [3.63, 3.8) is 0 Å². The Bertz CT molecular complexity index is 732. The summed E-state index contributed by atoms with van der Waals surface area (Å²) in [5.74, 6) is 5.48. The SMILES string of the molecule is CC(C)c1cc(C#Cc2ccc(C(=O)O)cc2)ccc1CO. The van der Waals surface area contributed by atoms with Crippen LogP contribution in [-0.4, -0.2) is 16.2 Å². The lowest BCUT2D eigenvalue weighted by Gasteiger charge is -2.11. The molecule has 0 radical (unpaired) electrons. The number of carbonyl (C=O) groups is 1. The molecular weight excluding hydrogens is 276 g/mol. The van der Waals surface area contributed by atoms with Crippen LogP contribution in [0.3, 0.4) is 0 Å². The van der Waals surface area contributed by atoms with Crippen molar-refractivity contribution in [2.45, 2.75) is 26.4 Å². The van der Waals surface area contributed by atoms with Gasteiger partial charge in [-0.25, -0.2) is 4.79 Å². The topological polar surface area (TPSA) is 57.5 Å². The molecule has 0 bridgehead atoms. The summed E-state index contributed by atoms with van der Waals surface area (Å²) in [5.41, 5.74) is 3.91. The minimum absolute atomic E-state index is 0.0257. The maximum Gasteiger partial charge on any atom is 0.335 e. The highest BCUT2D eigenvalue weighted by Crippen LogP contribution is 2.21. The largest absolute Gasteiger partial charge is 0.478 e. The van der Waals surface area contributed by atoms with Gasteiger partial charge in [-0.15, -0.1) is 0 Å². The highest BCUT2D eigenvalue weighted by molar-refractivity contribution is 5.87. The van der Waals surface area contributed by atoms with Crippen molar-refractivity contribution in [1.29, 1.82) is 0 Å². The van der Waals surface area contributed by atoms with Crippen molar-refractivity contribution >= 4 is 5.97 Å². The van der Waals surface area contributed by atoms with E-state index in [4.69, 9.17) is 5.11 Å². The first kappa shape index (κ1) is 15.8. The Balaban J connectivity index is 2.28. The van der Waals surface area contributed by atoms with E-state index in [0.29, 0.717) is 5.92 Å². The summed E-state index contributed by atoms with van der Waals surface area (Å²) >= 11 is 0. The summed E-state index contributed by atoms with van der Waals surface area (Å²) in [7, 11) is 0. The molecule has 3 heteroatoms. The fraction of sp³-hybridized carbons (Fsp3) is 0.211. The van der Waals surface area contributed by atoms with Gasteiger partial charge in [-0.3, -0.25) is 0 Å². The van der Waals surface area contributed by atoms with Gasteiger partial charge >= 0.3 is 5.97 Å². The van der Waals surface area contributed by atoms with E-state index < -0.39 is 5.97 Å². The number of hydrogen-bond donors (Lipinski definition) is 2. The maximum atomic E-state index is 10.8. The molecule has 3 nitrogen and oxygen atoms in total. The van der Waals surface area contributed by atoms with Gasteiger partial charge in [0.15, 0.2) is 0 Å². The lowest BCUT2D eigenvalue weighted by molar-refractivity contribution is 0.0697. The van der Waals surface area contributed by atoms with Crippen LogP contribution in [0, 0.1) is 11.8 Å². The van der Waals surface area contributed by atoms with E-state index in [1.807, 2.05) is 18.2 Å². The number of hydrogen-bond acceptors (Lipinski definition) is 2. The summed E-state index contributed by atoms with van der Waals surface area (Å²) < 4.78 is 0. The number of aromatic carboxylic acids is 1. The average Bonchev–Trinajstić information content (AvgIpc) is 2.53. The molecule has 0 heterocycles. The Morgan fingerprint density at radius 3 is 2.18 bits per heavy atom. The minimum Gasteiger partial charge on any atom is -0.478 e. The first-order valence-electron chi connectivity index (χ1n) is 7.10. The molecule has 0 aliphatic carbocycles. The van der Waals surface area contributed by atoms with E-state index in [9.17, 15) is 9.90 Å². The number of aliphatic hydroxyl groups is 1. The van der Waals surface area contributed by atoms with Crippen LogP contribution in [0.5, 0.6) is 0 Å². The molecule has 0 saturated carbocycles. The van der Waals surface area contributed by atoms with Gasteiger partial charge in [0.1, 0.15) is 0 Å². The Kier molecular flexibility index (Phi) is 4.98. The van der Waals surface area contributed by atoms with E-state index in [2.05, 4.69) is 25.7 Å². The first-order chi connectivity index (χ1) is 10.5. The van der Waals surface area contributed by atoms with Gasteiger partial charge in [0.05, 0.1) is 12.2 Å². The standard InChI is InChI=1S/C19H18O3/c1-13(2)18-11-15(7-10-17(18)12-20)4-3-14-5-8-16(9-6-14)19(21)22/h5-11,13,20H,12H2,1-2H3,(H,21,22). The van der Waals surface area contributed by atoms with E-state index in [-0.39, 0.29) is 12.2 Å². The van der Waals surface area contributed by atoms with Crippen molar-refractivity contribution in [3.8, 4) is 11.8 Å². The summed E-state index contributed by atoms with van der Waals surface area (Å²) in [5, 5.41) is 18.2. The third-order valence-corrected chi connectivity index (χ3v) is 3.42. The molecule has 0 aromatic heterocycles. The maximum absolute atomic E-state index is 10.8. The Labute approximate surface area is 130 Å². The Hall–Kier alpha value is -2.57. The molecular formula is C19H18O3. The molecule has 0 unspecified atom stereocenters. The zero-order valence-corrected chi connectivity index (χ0v) is 12.6. The summed E-state index contributed by atoms with van der Waals surface area (Å²) in [6, 6.07) is 12.3. The van der Waals surface area contributed by atoms with E-state index in [1.54, 1.807) is 24.3 Å². The van der Waals surface area contributed by atoms with Crippen LogP contribution in [0.15, 0.2) is 42.5 Å². The van der Waals surface area contributed by atoms with E-state index >= 15 is 0 Å². The van der Waals surface area contributed by atoms with Gasteiger partial charge < -0.3 is 10.2 Å². The molecule has 0 fully saturated rings. The normalized spacial score (nSPS) is 10.2. The second-order valence-corrected chi connectivity index (χ2v) is 5.36. The molecule has 2 aromatic carbocycles. The average molecular weight is 294 g/mol. The summed E-state index contributed by atoms with van der Waals surface area (Å²) in [4.78, 5) is 10.8. The predicted octanol–water partition coefficient (Wildman–Crippen LogP) is 3.40. The van der Waals surface area contributed by atoms with E-state index in [0.717, 1.165) is 22.3 Å². The van der Waals surface area contributed by atoms with Crippen molar-refractivity contribution in [2.24, 2.45) is 0 Å². The number of aliphatic hydroxyl groups excluding tert-OH is 1. The van der Waals surface area contributed by atoms with Crippen LogP contribution in [0.1, 0.15) is 52.4 Å². The molecule has 0 atom stereocenters. The van der Waals surface area contributed by atoms with Gasteiger partial charge in [0, 0.05) is 11.1 Å². The zero-order valence-electron chi connectivity index (χ0n) is 12.6. The first-order valence-corrected chi connectivity index (χ1v) is 7.10. The Morgan fingerprint density at radius 1 is 1.05 bits per heavy atom. The minimum atomic E-state index is -0.944. The number of carboxylic acid groups (broad SMARTS) is 1. The third-order valence-electron chi connectivity index (χ3n) is 3.42. The summed E-state index contributed by atoms with van der Waals surface area (Å²) in [6.45, 7) is 4.19. The molecule has 2 aromatic rings. The number of rotatable bonds is 3. The Morgan fingerprint density at radius 2 is 1.64 bits per heavy atom. The molecule has 2 rings (SSSR count). The van der Waals surface area contributed by atoms with Crippen molar-refractivity contribution in [1.82, 2.24) is 0 Å². The molecule has 0 amide bonds. The molecule has 0 aliphatic rings. The van der Waals surface area contributed by atoms with Crippen LogP contribution in [0.4, 0.5) is 0 Å². The van der Waals surface area contributed by atoms with Crippen molar-refractivity contribution < 1.29 is 15.0 Å². The fourth-order valence-electron chi connectivity index (χ4n) is 2.19. The molecule has 22 heavy (non-hydrogen) atoms. The molecule has 2 N–H and O–H groups in total. The highest BCUT2D eigenvalue weighted by Gasteiger charge is 2.06. The lowest BCUT2D eigenvalue weighted by atomic mass is 9.95. The number of benzene rings is 2. The lowest BCUT2D eigenvalue weighted by Crippen LogP contribution is -1.97. The fourth-order valence-corrected chi connectivity index (χ4v) is 2.19. The van der Waals surface area contributed by atoms with E-state index in [1.165, 1.54) is 0 Å². The summed E-state index contributed by atoms with van der Waals surface area (Å²) in [6.07, 6.45) is 0. The van der Waals surface area contributed by atoms with Crippen LogP contribution < -0.4 is 0 Å². The molecule has 0 spiro atoms. The number of carboxylic acids is 1. The van der Waals surface area contributed by atoms with Crippen molar-refractivity contribution in [2.75, 3.05) is 0 Å². The van der Waals surface area contributed by atoms with Crippen LogP contribution in [-0.2, 0) is 6.61 Å². The van der Waals surface area contributed by atoms with Crippen LogP contribution >= 0.6 is 0 Å². The van der Waals surface area contributed by atoms with Gasteiger partial charge in [0.2, 0.25) is 0 Å². The van der Waals surface area contributed by atoms with Crippen molar-refractivity contribution in [3.05, 3.63) is 70.3 Å². The quantitative estimate of drug-likeness (QED) is 0.853. The van der Waals surface area contributed by atoms with Gasteiger partial charge in [-0.05, 0) is 53.4 Å². The smallest absolute Gasteiger partial charge is 0.335 e. The highest BCUT2D eigenvalue weighted by atomic mass is 16.4. The molecule has 0 aliphatic heterocycles. The van der Waals surface area contributed by atoms with Gasteiger partial charge in [-0.2, -0.15) is 0 Å². The second kappa shape index (κ2) is 6.93. The zero-order chi connectivity index (χ0) is 16.1. The molecule has 112 valence electrons. The van der Waals surface area contributed by atoms with Gasteiger partial charge in [-0.1, -0.05) is 31.8 Å². The monoisotopic (exact) mass is 294 g/mol.